The van der Waals surface area contributed by atoms with Crippen LogP contribution in [-0.2, 0) is 9.63 Å². The fourth-order valence-corrected chi connectivity index (χ4v) is 3.07. The molecule has 9 heteroatoms. The molecule has 2 N–H and O–H groups in total. The second kappa shape index (κ2) is 7.14. The highest BCUT2D eigenvalue weighted by Crippen LogP contribution is 2.34. The van der Waals surface area contributed by atoms with E-state index in [0.29, 0.717) is 11.5 Å². The number of ether oxygens (including phenoxy) is 1. The molecule has 1 aromatic carbocycles. The summed E-state index contributed by atoms with van der Waals surface area (Å²) in [6, 6.07) is 6.61. The molecule has 2 atom stereocenters. The van der Waals surface area contributed by atoms with Crippen molar-refractivity contribution in [2.75, 3.05) is 19.0 Å². The van der Waals surface area contributed by atoms with E-state index in [-0.39, 0.29) is 18.6 Å². The average molecular weight is 314 g/mol. The Labute approximate surface area is 124 Å². The summed E-state index contributed by atoms with van der Waals surface area (Å²) in [7, 11) is 0. The Kier molecular flexibility index (Phi) is 5.23. The van der Waals surface area contributed by atoms with Crippen molar-refractivity contribution in [2.45, 2.75) is 11.4 Å². The first-order valence-corrected chi connectivity index (χ1v) is 7.21. The summed E-state index contributed by atoms with van der Waals surface area (Å²) in [5.74, 6) is 0.192. The first-order valence-electron chi connectivity index (χ1n) is 6.17. The molecule has 0 saturated carbocycles. The number of carboxylic acids is 1. The Balaban J connectivity index is 1.89. The molecule has 1 aliphatic heterocycles. The Hall–Kier alpha value is -2.00. The van der Waals surface area contributed by atoms with Crippen LogP contribution >= 0.6 is 11.8 Å². The number of rotatable bonds is 7. The maximum absolute atomic E-state index is 10.9. The summed E-state index contributed by atoms with van der Waals surface area (Å²) >= 11 is 1.51. The number of thioether (sulfide) groups is 1. The first kappa shape index (κ1) is 15.4. The Bertz CT molecular complexity index is 526. The lowest BCUT2D eigenvalue weighted by atomic mass is 10.2. The predicted molar refractivity (Wildman–Crippen MR) is 74.6 cm³/mol. The second-order valence-electron chi connectivity index (χ2n) is 4.25. The lowest BCUT2D eigenvalue weighted by Crippen LogP contribution is -2.33. The molecule has 0 spiro atoms. The van der Waals surface area contributed by atoms with Crippen molar-refractivity contribution in [3.05, 3.63) is 39.9 Å². The monoisotopic (exact) mass is 314 g/mol. The molecule has 0 aliphatic carbocycles. The van der Waals surface area contributed by atoms with Crippen LogP contribution in [0.5, 0.6) is 5.75 Å². The van der Waals surface area contributed by atoms with Crippen LogP contribution in [0.1, 0.15) is 10.9 Å². The minimum Gasteiger partial charge on any atom is -0.492 e. The van der Waals surface area contributed by atoms with Crippen LogP contribution in [0.4, 0.5) is 0 Å². The number of benzene rings is 1. The van der Waals surface area contributed by atoms with Crippen LogP contribution in [0.2, 0.25) is 0 Å². The maximum atomic E-state index is 10.9. The molecular formula is C12H14N2O6S. The molecule has 1 aromatic rings. The van der Waals surface area contributed by atoms with E-state index in [1.807, 2.05) is 6.07 Å². The number of aliphatic carboxylic acids is 1. The molecule has 1 heterocycles. The highest BCUT2D eigenvalue weighted by molar-refractivity contribution is 7.99. The highest BCUT2D eigenvalue weighted by atomic mass is 32.2. The van der Waals surface area contributed by atoms with E-state index in [0.717, 1.165) is 5.56 Å². The van der Waals surface area contributed by atoms with Gasteiger partial charge < -0.3 is 14.7 Å². The van der Waals surface area contributed by atoms with Gasteiger partial charge in [-0.25, -0.2) is 0 Å². The molecule has 8 nitrogen and oxygen atoms in total. The molecule has 1 saturated heterocycles. The van der Waals surface area contributed by atoms with Crippen molar-refractivity contribution in [1.29, 1.82) is 0 Å². The number of carboxylic acid groups (broad SMARTS) is 1. The summed E-state index contributed by atoms with van der Waals surface area (Å²) in [6.07, 6.45) is 0. The van der Waals surface area contributed by atoms with Gasteiger partial charge in [0, 0.05) is 5.75 Å². The average Bonchev–Trinajstić information content (AvgIpc) is 2.94. The van der Waals surface area contributed by atoms with Crippen molar-refractivity contribution in [3.8, 4) is 5.75 Å². The van der Waals surface area contributed by atoms with Crippen LogP contribution in [-0.4, -0.2) is 41.2 Å². The minimum atomic E-state index is -0.870. The van der Waals surface area contributed by atoms with Crippen LogP contribution in [0.3, 0.4) is 0 Å². The van der Waals surface area contributed by atoms with Gasteiger partial charge in [0.15, 0.2) is 0 Å². The van der Waals surface area contributed by atoms with E-state index < -0.39 is 17.1 Å². The van der Waals surface area contributed by atoms with Crippen molar-refractivity contribution in [3.63, 3.8) is 0 Å². The fourth-order valence-electron chi connectivity index (χ4n) is 1.85. The van der Waals surface area contributed by atoms with Crippen molar-refractivity contribution >= 4 is 17.7 Å². The molecule has 1 fully saturated rings. The molecule has 0 radical (unpaired) electrons. The molecule has 21 heavy (non-hydrogen) atoms. The molecule has 0 bridgehead atoms. The van der Waals surface area contributed by atoms with E-state index in [2.05, 4.69) is 10.2 Å². The van der Waals surface area contributed by atoms with Gasteiger partial charge in [-0.3, -0.25) is 10.1 Å². The van der Waals surface area contributed by atoms with Gasteiger partial charge in [-0.05, 0) is 17.7 Å². The summed E-state index contributed by atoms with van der Waals surface area (Å²) < 4.78 is 5.35. The molecular weight excluding hydrogens is 300 g/mol. The lowest BCUT2D eigenvalue weighted by molar-refractivity contribution is -0.757. The number of carbonyl (C=O) groups is 1. The fraction of sp³-hybridized carbons (Fsp3) is 0.417. The lowest BCUT2D eigenvalue weighted by Gasteiger charge is -2.13. The zero-order chi connectivity index (χ0) is 15.2. The van der Waals surface area contributed by atoms with E-state index in [1.165, 1.54) is 11.8 Å². The predicted octanol–water partition coefficient (Wildman–Crippen LogP) is 1.06. The first-order chi connectivity index (χ1) is 10.1. The van der Waals surface area contributed by atoms with Gasteiger partial charge in [0.2, 0.25) is 0 Å². The van der Waals surface area contributed by atoms with Crippen LogP contribution in [0, 0.1) is 10.1 Å². The third-order valence-corrected chi connectivity index (χ3v) is 4.06. The molecule has 114 valence electrons. The van der Waals surface area contributed by atoms with Gasteiger partial charge in [-0.1, -0.05) is 12.1 Å². The van der Waals surface area contributed by atoms with E-state index in [4.69, 9.17) is 9.84 Å². The molecule has 1 aliphatic rings. The molecule has 2 rings (SSSR count). The topological polar surface area (TPSA) is 111 Å². The number of hydrogen-bond acceptors (Lipinski definition) is 7. The largest absolute Gasteiger partial charge is 0.492 e. The standard InChI is InChI=1S/C12H14N2O6S/c15-12(16)10-7-21-11(13-10)8-2-1-3-9(6-8)19-4-5-20-14(17)18/h1-3,6,10-11,13H,4-5,7H2,(H,15,16). The van der Waals surface area contributed by atoms with E-state index in [1.54, 1.807) is 18.2 Å². The van der Waals surface area contributed by atoms with Gasteiger partial charge in [-0.2, -0.15) is 0 Å². The summed E-state index contributed by atoms with van der Waals surface area (Å²) in [5, 5.41) is 21.0. The van der Waals surface area contributed by atoms with Crippen molar-refractivity contribution < 1.29 is 24.6 Å². The zero-order valence-corrected chi connectivity index (χ0v) is 11.7. The molecule has 0 aromatic heterocycles. The van der Waals surface area contributed by atoms with Gasteiger partial charge in [0.25, 0.3) is 5.09 Å². The third-order valence-electron chi connectivity index (χ3n) is 2.79. The quantitative estimate of drug-likeness (QED) is 0.436. The number of nitrogens with one attached hydrogen (secondary N) is 1. The summed E-state index contributed by atoms with van der Waals surface area (Å²) in [4.78, 5) is 25.0. The Morgan fingerprint density at radius 2 is 2.33 bits per heavy atom. The van der Waals surface area contributed by atoms with Crippen LogP contribution in [0.25, 0.3) is 0 Å². The third kappa shape index (κ3) is 4.50. The smallest absolute Gasteiger partial charge is 0.321 e. The Morgan fingerprint density at radius 3 is 3.00 bits per heavy atom. The summed E-state index contributed by atoms with van der Waals surface area (Å²) in [6.45, 7) is -0.0812. The molecule has 0 amide bonds. The van der Waals surface area contributed by atoms with Gasteiger partial charge in [-0.15, -0.1) is 21.9 Å². The van der Waals surface area contributed by atoms with Crippen LogP contribution in [0.15, 0.2) is 24.3 Å². The van der Waals surface area contributed by atoms with Gasteiger partial charge in [0.1, 0.15) is 25.0 Å². The number of hydrogen-bond donors (Lipinski definition) is 2. The van der Waals surface area contributed by atoms with Crippen molar-refractivity contribution in [1.82, 2.24) is 5.32 Å². The normalized spacial score (nSPS) is 21.0. The maximum Gasteiger partial charge on any atom is 0.321 e. The van der Waals surface area contributed by atoms with Gasteiger partial charge >= 0.3 is 5.97 Å². The number of nitrogens with zero attached hydrogens (tertiary/aromatic N) is 1. The SMILES string of the molecule is O=C(O)C1CSC(c2cccc(OCCO[N+](=O)[O-])c2)N1. The minimum absolute atomic E-state index is 0.0629. The van der Waals surface area contributed by atoms with Crippen molar-refractivity contribution in [2.24, 2.45) is 0 Å². The van der Waals surface area contributed by atoms with Gasteiger partial charge in [0.05, 0.1) is 5.37 Å². The van der Waals surface area contributed by atoms with E-state index >= 15 is 0 Å². The van der Waals surface area contributed by atoms with Crippen LogP contribution < -0.4 is 10.1 Å². The Morgan fingerprint density at radius 1 is 1.52 bits per heavy atom. The molecule has 2 unspecified atom stereocenters. The van der Waals surface area contributed by atoms with E-state index in [9.17, 15) is 14.9 Å². The zero-order valence-electron chi connectivity index (χ0n) is 10.9. The second-order valence-corrected chi connectivity index (χ2v) is 5.39. The summed E-state index contributed by atoms with van der Waals surface area (Å²) in [5.41, 5.74) is 0.899. The highest BCUT2D eigenvalue weighted by Gasteiger charge is 2.30.